The smallest absolute Gasteiger partial charge is 0.313 e. The predicted molar refractivity (Wildman–Crippen MR) is 62.7 cm³/mol. The van der Waals surface area contributed by atoms with Gasteiger partial charge in [-0.25, -0.2) is 0 Å². The first-order chi connectivity index (χ1) is 7.38. The SMILES string of the molecule is CCC(C)(C)c1nnc(SCC(=O)O)n1C. The molecule has 1 N–H and O–H groups in total. The lowest BCUT2D eigenvalue weighted by molar-refractivity contribution is -0.133. The maximum absolute atomic E-state index is 10.5. The van der Waals surface area contributed by atoms with Gasteiger partial charge in [-0.2, -0.15) is 0 Å². The summed E-state index contributed by atoms with van der Waals surface area (Å²) in [7, 11) is 1.87. The van der Waals surface area contributed by atoms with Crippen molar-refractivity contribution in [1.82, 2.24) is 14.8 Å². The van der Waals surface area contributed by atoms with Gasteiger partial charge in [0.15, 0.2) is 5.16 Å². The fourth-order valence-corrected chi connectivity index (χ4v) is 1.95. The monoisotopic (exact) mass is 243 g/mol. The standard InChI is InChI=1S/C10H17N3O2S/c1-5-10(2,3)8-11-12-9(13(8)4)16-6-7(14)15/h5-6H2,1-4H3,(H,14,15). The molecule has 0 radical (unpaired) electrons. The molecule has 6 heteroatoms. The maximum atomic E-state index is 10.5. The van der Waals surface area contributed by atoms with Crippen LogP contribution in [0, 0.1) is 0 Å². The number of carboxylic acids is 1. The van der Waals surface area contributed by atoms with E-state index in [1.54, 1.807) is 0 Å². The van der Waals surface area contributed by atoms with E-state index in [4.69, 9.17) is 5.11 Å². The number of nitrogens with zero attached hydrogens (tertiary/aromatic N) is 3. The largest absolute Gasteiger partial charge is 0.481 e. The maximum Gasteiger partial charge on any atom is 0.313 e. The fraction of sp³-hybridized carbons (Fsp3) is 0.700. The van der Waals surface area contributed by atoms with Crippen LogP contribution in [0.25, 0.3) is 0 Å². The summed E-state index contributed by atoms with van der Waals surface area (Å²) >= 11 is 1.19. The highest BCUT2D eigenvalue weighted by molar-refractivity contribution is 7.99. The van der Waals surface area contributed by atoms with Crippen LogP contribution in [0.15, 0.2) is 5.16 Å². The van der Waals surface area contributed by atoms with E-state index in [1.165, 1.54) is 11.8 Å². The summed E-state index contributed by atoms with van der Waals surface area (Å²) in [5.74, 6) is 0.0608. The Hall–Kier alpha value is -1.04. The molecule has 0 saturated heterocycles. The number of hydrogen-bond acceptors (Lipinski definition) is 4. The van der Waals surface area contributed by atoms with Crippen LogP contribution < -0.4 is 0 Å². The van der Waals surface area contributed by atoms with Gasteiger partial charge in [0.25, 0.3) is 0 Å². The summed E-state index contributed by atoms with van der Waals surface area (Å²) in [5, 5.41) is 17.4. The molecule has 16 heavy (non-hydrogen) atoms. The Morgan fingerprint density at radius 2 is 2.12 bits per heavy atom. The van der Waals surface area contributed by atoms with Crippen LogP contribution in [0.4, 0.5) is 0 Å². The van der Waals surface area contributed by atoms with E-state index in [0.29, 0.717) is 5.16 Å². The molecule has 0 bridgehead atoms. The lowest BCUT2D eigenvalue weighted by Gasteiger charge is -2.21. The van der Waals surface area contributed by atoms with Crippen molar-refractivity contribution in [2.24, 2.45) is 7.05 Å². The van der Waals surface area contributed by atoms with Gasteiger partial charge in [0, 0.05) is 12.5 Å². The van der Waals surface area contributed by atoms with Crippen LogP contribution in [-0.2, 0) is 17.3 Å². The van der Waals surface area contributed by atoms with Crippen molar-refractivity contribution in [3.8, 4) is 0 Å². The second-order valence-corrected chi connectivity index (χ2v) is 5.23. The molecular weight excluding hydrogens is 226 g/mol. The number of carboxylic acid groups (broad SMARTS) is 1. The summed E-state index contributed by atoms with van der Waals surface area (Å²) in [6.07, 6.45) is 0.961. The van der Waals surface area contributed by atoms with Crippen molar-refractivity contribution in [3.63, 3.8) is 0 Å². The molecule has 0 unspecified atom stereocenters. The Labute approximate surface area is 99.3 Å². The van der Waals surface area contributed by atoms with Gasteiger partial charge in [0.1, 0.15) is 5.82 Å². The molecule has 0 saturated carbocycles. The van der Waals surface area contributed by atoms with Crippen molar-refractivity contribution in [1.29, 1.82) is 0 Å². The molecular formula is C10H17N3O2S. The Balaban J connectivity index is 2.88. The number of thioether (sulfide) groups is 1. The summed E-state index contributed by atoms with van der Waals surface area (Å²) in [6, 6.07) is 0. The minimum absolute atomic E-state index is 0.0124. The van der Waals surface area contributed by atoms with Crippen molar-refractivity contribution >= 4 is 17.7 Å². The van der Waals surface area contributed by atoms with Crippen molar-refractivity contribution in [2.75, 3.05) is 5.75 Å². The van der Waals surface area contributed by atoms with E-state index >= 15 is 0 Å². The van der Waals surface area contributed by atoms with Crippen LogP contribution >= 0.6 is 11.8 Å². The van der Waals surface area contributed by atoms with Gasteiger partial charge in [-0.05, 0) is 6.42 Å². The van der Waals surface area contributed by atoms with Crippen LogP contribution in [0.1, 0.15) is 33.0 Å². The fourth-order valence-electron chi connectivity index (χ4n) is 1.31. The Kier molecular flexibility index (Phi) is 3.96. The van der Waals surface area contributed by atoms with Crippen LogP contribution in [-0.4, -0.2) is 31.6 Å². The van der Waals surface area contributed by atoms with Crippen molar-refractivity contribution in [2.45, 2.75) is 37.8 Å². The van der Waals surface area contributed by atoms with Gasteiger partial charge in [-0.15, -0.1) is 10.2 Å². The van der Waals surface area contributed by atoms with Gasteiger partial charge in [0.05, 0.1) is 5.75 Å². The van der Waals surface area contributed by atoms with Gasteiger partial charge in [0.2, 0.25) is 0 Å². The average molecular weight is 243 g/mol. The topological polar surface area (TPSA) is 68.0 Å². The number of aliphatic carboxylic acids is 1. The minimum Gasteiger partial charge on any atom is -0.481 e. The summed E-state index contributed by atoms with van der Waals surface area (Å²) in [5.41, 5.74) is -0.0379. The van der Waals surface area contributed by atoms with Crippen molar-refractivity contribution in [3.05, 3.63) is 5.82 Å². The highest BCUT2D eigenvalue weighted by atomic mass is 32.2. The summed E-state index contributed by atoms with van der Waals surface area (Å²) in [4.78, 5) is 10.5. The molecule has 90 valence electrons. The molecule has 1 aromatic rings. The van der Waals surface area contributed by atoms with E-state index in [0.717, 1.165) is 12.2 Å². The third-order valence-electron chi connectivity index (χ3n) is 2.65. The molecule has 0 aliphatic carbocycles. The van der Waals surface area contributed by atoms with Crippen LogP contribution in [0.3, 0.4) is 0 Å². The zero-order chi connectivity index (χ0) is 12.3. The van der Waals surface area contributed by atoms with Crippen LogP contribution in [0.2, 0.25) is 0 Å². The number of aromatic nitrogens is 3. The molecule has 5 nitrogen and oxygen atoms in total. The Morgan fingerprint density at radius 3 is 2.62 bits per heavy atom. The Morgan fingerprint density at radius 1 is 1.50 bits per heavy atom. The average Bonchev–Trinajstić information content (AvgIpc) is 2.57. The first-order valence-electron chi connectivity index (χ1n) is 5.13. The van der Waals surface area contributed by atoms with Gasteiger partial charge >= 0.3 is 5.97 Å². The number of carbonyl (C=O) groups is 1. The van der Waals surface area contributed by atoms with E-state index < -0.39 is 5.97 Å². The molecule has 0 aliphatic rings. The first kappa shape index (κ1) is 13.0. The van der Waals surface area contributed by atoms with Gasteiger partial charge in [-0.1, -0.05) is 32.5 Å². The van der Waals surface area contributed by atoms with Gasteiger partial charge in [-0.3, -0.25) is 4.79 Å². The molecule has 0 fully saturated rings. The number of hydrogen-bond donors (Lipinski definition) is 1. The van der Waals surface area contributed by atoms with E-state index in [2.05, 4.69) is 31.0 Å². The molecule has 0 aliphatic heterocycles. The van der Waals surface area contributed by atoms with E-state index in [-0.39, 0.29) is 11.2 Å². The second kappa shape index (κ2) is 4.86. The second-order valence-electron chi connectivity index (χ2n) is 4.29. The molecule has 0 amide bonds. The predicted octanol–water partition coefficient (Wildman–Crippen LogP) is 1.68. The van der Waals surface area contributed by atoms with E-state index in [9.17, 15) is 4.79 Å². The molecule has 1 heterocycles. The lowest BCUT2D eigenvalue weighted by Crippen LogP contribution is -2.21. The highest BCUT2D eigenvalue weighted by Crippen LogP contribution is 2.27. The Bertz CT molecular complexity index is 387. The first-order valence-corrected chi connectivity index (χ1v) is 6.11. The van der Waals surface area contributed by atoms with Crippen molar-refractivity contribution < 1.29 is 9.90 Å². The summed E-state index contributed by atoms with van der Waals surface area (Å²) < 4.78 is 1.87. The minimum atomic E-state index is -0.843. The highest BCUT2D eigenvalue weighted by Gasteiger charge is 2.25. The van der Waals surface area contributed by atoms with Crippen LogP contribution in [0.5, 0.6) is 0 Å². The quantitative estimate of drug-likeness (QED) is 0.797. The normalized spacial score (nSPS) is 11.8. The summed E-state index contributed by atoms with van der Waals surface area (Å²) in [6.45, 7) is 6.30. The third kappa shape index (κ3) is 2.75. The molecule has 1 aromatic heterocycles. The molecule has 1 rings (SSSR count). The molecule has 0 aromatic carbocycles. The van der Waals surface area contributed by atoms with E-state index in [1.807, 2.05) is 11.6 Å². The number of rotatable bonds is 5. The zero-order valence-electron chi connectivity index (χ0n) is 10.0. The third-order valence-corrected chi connectivity index (χ3v) is 3.65. The molecule has 0 atom stereocenters. The lowest BCUT2D eigenvalue weighted by atomic mass is 9.89. The molecule has 0 spiro atoms. The van der Waals surface area contributed by atoms with Gasteiger partial charge < -0.3 is 9.67 Å². The zero-order valence-corrected chi connectivity index (χ0v) is 10.8.